The van der Waals surface area contributed by atoms with Gasteiger partial charge in [-0.05, 0) is 0 Å². The summed E-state index contributed by atoms with van der Waals surface area (Å²) in [6.45, 7) is 1.81. The Hall–Kier alpha value is -0.810. The molecule has 0 spiro atoms. The second kappa shape index (κ2) is 4.15. The topological polar surface area (TPSA) is 73.6 Å². The molecule has 0 aromatic heterocycles. The van der Waals surface area contributed by atoms with Gasteiger partial charge in [0.15, 0.2) is 0 Å². The predicted octanol–water partition coefficient (Wildman–Crippen LogP) is 0.0113. The molecule has 0 saturated heterocycles. The summed E-state index contributed by atoms with van der Waals surface area (Å²) < 4.78 is 9.83. The Balaban J connectivity index is 4.16. The van der Waals surface area contributed by atoms with Crippen LogP contribution in [0.2, 0.25) is 0 Å². The summed E-state index contributed by atoms with van der Waals surface area (Å²) in [5.74, 6) is -1.08. The van der Waals surface area contributed by atoms with Crippen LogP contribution in [0.3, 0.4) is 0 Å². The lowest BCUT2D eigenvalue weighted by atomic mass is 10.3. The van der Waals surface area contributed by atoms with Gasteiger partial charge in [0.05, 0.1) is 0 Å². The van der Waals surface area contributed by atoms with Crippen LogP contribution in [0.4, 0.5) is 4.79 Å². The second-order valence-corrected chi connectivity index (χ2v) is 2.00. The van der Waals surface area contributed by atoms with Crippen molar-refractivity contribution in [3.05, 3.63) is 0 Å². The largest absolute Gasteiger partial charge is 0.352 e. The lowest BCUT2D eigenvalue weighted by Gasteiger charge is -2.29. The number of methoxy groups -OCH3 is 2. The van der Waals surface area contributed by atoms with Crippen molar-refractivity contribution in [2.75, 3.05) is 14.2 Å². The minimum atomic E-state index is -1.08. The summed E-state index contributed by atoms with van der Waals surface area (Å²) in [5, 5.41) is 2.34. The van der Waals surface area contributed by atoms with E-state index in [1.807, 2.05) is 6.92 Å². The van der Waals surface area contributed by atoms with Gasteiger partial charge in [-0.1, -0.05) is 6.92 Å². The average Bonchev–Trinajstić information content (AvgIpc) is 2.00. The predicted molar refractivity (Wildman–Crippen MR) is 39.8 cm³/mol. The van der Waals surface area contributed by atoms with Gasteiger partial charge >= 0.3 is 6.03 Å². The lowest BCUT2D eigenvalue weighted by molar-refractivity contribution is -0.220. The van der Waals surface area contributed by atoms with E-state index in [9.17, 15) is 4.79 Å². The molecule has 2 amide bonds. The van der Waals surface area contributed by atoms with Gasteiger partial charge in [0.1, 0.15) is 0 Å². The molecule has 0 rings (SSSR count). The highest BCUT2D eigenvalue weighted by Crippen LogP contribution is 2.10. The van der Waals surface area contributed by atoms with Crippen LogP contribution in [0.5, 0.6) is 0 Å². The lowest BCUT2D eigenvalue weighted by Crippen LogP contribution is -2.53. The average molecular weight is 162 g/mol. The van der Waals surface area contributed by atoms with Crippen LogP contribution in [0.1, 0.15) is 13.3 Å². The number of hydrogen-bond acceptors (Lipinski definition) is 3. The van der Waals surface area contributed by atoms with E-state index < -0.39 is 11.9 Å². The quantitative estimate of drug-likeness (QED) is 0.572. The zero-order valence-corrected chi connectivity index (χ0v) is 7.01. The molecular weight excluding hydrogens is 148 g/mol. The molecule has 0 aliphatic heterocycles. The first-order valence-corrected chi connectivity index (χ1v) is 3.28. The van der Waals surface area contributed by atoms with Gasteiger partial charge in [0, 0.05) is 20.6 Å². The monoisotopic (exact) mass is 162 g/mol. The summed E-state index contributed by atoms with van der Waals surface area (Å²) in [6, 6.07) is -0.671. The fraction of sp³-hybridized carbons (Fsp3) is 0.833. The minimum absolute atomic E-state index is 0.489. The summed E-state index contributed by atoms with van der Waals surface area (Å²) >= 11 is 0. The number of ether oxygens (including phenoxy) is 2. The molecule has 0 bridgehead atoms. The molecule has 5 heteroatoms. The van der Waals surface area contributed by atoms with Gasteiger partial charge in [-0.15, -0.1) is 0 Å². The highest BCUT2D eigenvalue weighted by atomic mass is 16.7. The van der Waals surface area contributed by atoms with Gasteiger partial charge in [-0.3, -0.25) is 5.32 Å². The van der Waals surface area contributed by atoms with Crippen molar-refractivity contribution in [1.82, 2.24) is 5.32 Å². The van der Waals surface area contributed by atoms with E-state index in [0.717, 1.165) is 0 Å². The smallest absolute Gasteiger partial charge is 0.316 e. The van der Waals surface area contributed by atoms with Crippen LogP contribution >= 0.6 is 0 Å². The Bertz CT molecular complexity index is 126. The van der Waals surface area contributed by atoms with Crippen LogP contribution in [0, 0.1) is 0 Å². The first kappa shape index (κ1) is 10.2. The number of carbonyl (C=O) groups excluding carboxylic acids is 1. The summed E-state index contributed by atoms with van der Waals surface area (Å²) in [4.78, 5) is 10.4. The Morgan fingerprint density at radius 3 is 2.09 bits per heavy atom. The molecule has 0 aliphatic carbocycles. The number of primary amides is 1. The van der Waals surface area contributed by atoms with Crippen LogP contribution in [0.15, 0.2) is 0 Å². The Morgan fingerprint density at radius 2 is 2.00 bits per heavy atom. The molecular formula is C6H14N2O3. The van der Waals surface area contributed by atoms with Crippen molar-refractivity contribution in [3.63, 3.8) is 0 Å². The molecule has 0 aromatic carbocycles. The number of hydrogen-bond donors (Lipinski definition) is 2. The second-order valence-electron chi connectivity index (χ2n) is 2.00. The van der Waals surface area contributed by atoms with Crippen molar-refractivity contribution in [3.8, 4) is 0 Å². The molecule has 5 nitrogen and oxygen atoms in total. The zero-order valence-electron chi connectivity index (χ0n) is 7.01. The SMILES string of the molecule is CCC(NC(N)=O)(OC)OC. The number of carbonyl (C=O) groups is 1. The highest BCUT2D eigenvalue weighted by molar-refractivity contribution is 5.72. The normalized spacial score (nSPS) is 11.2. The zero-order chi connectivity index (χ0) is 8.91. The molecule has 0 aromatic rings. The van der Waals surface area contributed by atoms with Gasteiger partial charge in [-0.2, -0.15) is 0 Å². The maximum Gasteiger partial charge on any atom is 0.316 e. The molecule has 11 heavy (non-hydrogen) atoms. The molecule has 0 unspecified atom stereocenters. The van der Waals surface area contributed by atoms with Crippen LogP contribution in [-0.2, 0) is 9.47 Å². The van der Waals surface area contributed by atoms with Gasteiger partial charge in [0.25, 0.3) is 5.91 Å². The molecule has 0 fully saturated rings. The molecule has 0 aliphatic rings. The van der Waals surface area contributed by atoms with Crippen molar-refractivity contribution < 1.29 is 14.3 Å². The molecule has 0 heterocycles. The van der Waals surface area contributed by atoms with E-state index in [1.54, 1.807) is 0 Å². The molecule has 66 valence electrons. The molecule has 0 atom stereocenters. The Morgan fingerprint density at radius 1 is 1.55 bits per heavy atom. The molecule has 0 saturated carbocycles. The third-order valence-electron chi connectivity index (χ3n) is 1.44. The van der Waals surface area contributed by atoms with Gasteiger partial charge in [-0.25, -0.2) is 4.79 Å². The summed E-state index contributed by atoms with van der Waals surface area (Å²) in [6.07, 6.45) is 0.489. The van der Waals surface area contributed by atoms with E-state index in [2.05, 4.69) is 5.32 Å². The number of rotatable bonds is 4. The van der Waals surface area contributed by atoms with Crippen molar-refractivity contribution in [2.24, 2.45) is 5.73 Å². The first-order chi connectivity index (χ1) is 5.10. The fourth-order valence-electron chi connectivity index (χ4n) is 0.750. The van der Waals surface area contributed by atoms with Crippen LogP contribution in [0.25, 0.3) is 0 Å². The first-order valence-electron chi connectivity index (χ1n) is 3.28. The maximum absolute atomic E-state index is 10.4. The molecule has 0 radical (unpaired) electrons. The highest BCUT2D eigenvalue weighted by Gasteiger charge is 2.28. The van der Waals surface area contributed by atoms with Crippen molar-refractivity contribution >= 4 is 6.03 Å². The van der Waals surface area contributed by atoms with Crippen molar-refractivity contribution in [1.29, 1.82) is 0 Å². The van der Waals surface area contributed by atoms with Crippen molar-refractivity contribution in [2.45, 2.75) is 19.3 Å². The third-order valence-corrected chi connectivity index (χ3v) is 1.44. The molecule has 3 N–H and O–H groups in total. The Labute approximate surface area is 65.8 Å². The van der Waals surface area contributed by atoms with Gasteiger partial charge < -0.3 is 15.2 Å². The summed E-state index contributed by atoms with van der Waals surface area (Å²) in [5.41, 5.74) is 4.90. The van der Waals surface area contributed by atoms with E-state index >= 15 is 0 Å². The number of nitrogens with two attached hydrogens (primary N) is 1. The summed E-state index contributed by atoms with van der Waals surface area (Å²) in [7, 11) is 2.87. The number of nitrogens with one attached hydrogen (secondary N) is 1. The van der Waals surface area contributed by atoms with Crippen LogP contribution in [-0.4, -0.2) is 26.2 Å². The number of urea groups is 1. The maximum atomic E-state index is 10.4. The Kier molecular flexibility index (Phi) is 3.84. The standard InChI is InChI=1S/C6H14N2O3/c1-4-6(10-2,11-3)8-5(7)9/h4H2,1-3H3,(H3,7,8,9). The van der Waals surface area contributed by atoms with E-state index in [0.29, 0.717) is 6.42 Å². The third kappa shape index (κ3) is 2.73. The minimum Gasteiger partial charge on any atom is -0.352 e. The van der Waals surface area contributed by atoms with E-state index in [-0.39, 0.29) is 0 Å². The van der Waals surface area contributed by atoms with Crippen LogP contribution < -0.4 is 11.1 Å². The number of amides is 2. The van der Waals surface area contributed by atoms with E-state index in [4.69, 9.17) is 15.2 Å². The van der Waals surface area contributed by atoms with E-state index in [1.165, 1.54) is 14.2 Å². The fourth-order valence-corrected chi connectivity index (χ4v) is 0.750. The van der Waals surface area contributed by atoms with Gasteiger partial charge in [0.2, 0.25) is 0 Å².